The van der Waals surface area contributed by atoms with E-state index < -0.39 is 0 Å². The van der Waals surface area contributed by atoms with Crippen molar-refractivity contribution in [2.24, 2.45) is 0 Å². The Morgan fingerprint density at radius 3 is 2.63 bits per heavy atom. The molecular formula is C23H29N5OS. The van der Waals surface area contributed by atoms with Crippen molar-refractivity contribution in [2.45, 2.75) is 34.1 Å². The molecule has 2 aromatic heterocycles. The number of anilines is 2. The SMILES string of the molecule is CCCN1CCN(c2ncnc3sc(C(=O)Nc4cc(C)ccc4C)c(C)c23)CC1. The number of nitrogens with zero attached hydrogens (tertiary/aromatic N) is 4. The molecule has 1 amide bonds. The predicted octanol–water partition coefficient (Wildman–Crippen LogP) is 4.40. The van der Waals surface area contributed by atoms with Crippen LogP contribution in [-0.4, -0.2) is 53.5 Å². The molecule has 1 fully saturated rings. The quantitative estimate of drug-likeness (QED) is 0.659. The van der Waals surface area contributed by atoms with E-state index in [1.54, 1.807) is 6.33 Å². The maximum Gasteiger partial charge on any atom is 0.266 e. The predicted molar refractivity (Wildman–Crippen MR) is 125 cm³/mol. The maximum atomic E-state index is 13.1. The Morgan fingerprint density at radius 2 is 1.90 bits per heavy atom. The second kappa shape index (κ2) is 8.70. The van der Waals surface area contributed by atoms with Crippen LogP contribution in [0.15, 0.2) is 24.5 Å². The van der Waals surface area contributed by atoms with Crippen LogP contribution in [0, 0.1) is 20.8 Å². The Hall–Kier alpha value is -2.51. The number of hydrogen-bond acceptors (Lipinski definition) is 6. The lowest BCUT2D eigenvalue weighted by Gasteiger charge is -2.35. The third-order valence-electron chi connectivity index (χ3n) is 5.77. The van der Waals surface area contributed by atoms with Gasteiger partial charge in [0.05, 0.1) is 10.3 Å². The zero-order valence-electron chi connectivity index (χ0n) is 18.2. The standard InChI is InChI=1S/C23H29N5OS/c1-5-8-27-9-11-28(12-10-27)21-19-17(4)20(30-23(19)25-14-24-21)22(29)26-18-13-15(2)6-7-16(18)3/h6-7,13-14H,5,8-12H2,1-4H3,(H,26,29). The third kappa shape index (κ3) is 4.04. The summed E-state index contributed by atoms with van der Waals surface area (Å²) in [4.78, 5) is 28.6. The van der Waals surface area contributed by atoms with Crippen LogP contribution in [0.1, 0.15) is 39.7 Å². The van der Waals surface area contributed by atoms with Gasteiger partial charge >= 0.3 is 0 Å². The van der Waals surface area contributed by atoms with Gasteiger partial charge in [-0.1, -0.05) is 19.1 Å². The van der Waals surface area contributed by atoms with Crippen LogP contribution in [0.3, 0.4) is 0 Å². The number of nitrogens with one attached hydrogen (secondary N) is 1. The molecule has 7 heteroatoms. The van der Waals surface area contributed by atoms with Gasteiger partial charge in [0.2, 0.25) is 0 Å². The summed E-state index contributed by atoms with van der Waals surface area (Å²) in [5.41, 5.74) is 4.00. The van der Waals surface area contributed by atoms with Crippen LogP contribution in [0.5, 0.6) is 0 Å². The number of carbonyl (C=O) groups excluding carboxylic acids is 1. The van der Waals surface area contributed by atoms with E-state index in [2.05, 4.69) is 38.1 Å². The molecule has 1 saturated heterocycles. The van der Waals surface area contributed by atoms with Crippen LogP contribution in [0.4, 0.5) is 11.5 Å². The molecule has 3 heterocycles. The van der Waals surface area contributed by atoms with Crippen molar-refractivity contribution >= 4 is 39.0 Å². The number of rotatable bonds is 5. The van der Waals surface area contributed by atoms with Gasteiger partial charge in [0.1, 0.15) is 17.0 Å². The fourth-order valence-corrected chi connectivity index (χ4v) is 5.10. The number of aryl methyl sites for hydroxylation is 3. The molecule has 30 heavy (non-hydrogen) atoms. The molecular weight excluding hydrogens is 394 g/mol. The summed E-state index contributed by atoms with van der Waals surface area (Å²) in [5, 5.41) is 4.10. The van der Waals surface area contributed by atoms with Crippen LogP contribution in [0.25, 0.3) is 10.2 Å². The van der Waals surface area contributed by atoms with E-state index in [4.69, 9.17) is 0 Å². The molecule has 0 atom stereocenters. The molecule has 0 spiro atoms. The zero-order chi connectivity index (χ0) is 21.3. The van der Waals surface area contributed by atoms with Crippen LogP contribution >= 0.6 is 11.3 Å². The van der Waals surface area contributed by atoms with Crippen LogP contribution in [0.2, 0.25) is 0 Å². The largest absolute Gasteiger partial charge is 0.353 e. The number of hydrogen-bond donors (Lipinski definition) is 1. The normalized spacial score (nSPS) is 15.0. The number of thiophene rings is 1. The highest BCUT2D eigenvalue weighted by Crippen LogP contribution is 2.35. The monoisotopic (exact) mass is 423 g/mol. The van der Waals surface area contributed by atoms with E-state index in [-0.39, 0.29) is 5.91 Å². The first-order valence-corrected chi connectivity index (χ1v) is 11.4. The van der Waals surface area contributed by atoms with Gasteiger partial charge in [-0.05, 0) is 56.5 Å². The van der Waals surface area contributed by atoms with Gasteiger partial charge in [-0.2, -0.15) is 0 Å². The molecule has 1 aliphatic rings. The number of carbonyl (C=O) groups is 1. The van der Waals surface area contributed by atoms with Crippen molar-refractivity contribution in [3.63, 3.8) is 0 Å². The minimum atomic E-state index is -0.0806. The second-order valence-electron chi connectivity index (χ2n) is 8.03. The molecule has 6 nitrogen and oxygen atoms in total. The first-order chi connectivity index (χ1) is 14.5. The van der Waals surface area contributed by atoms with Crippen molar-refractivity contribution in [3.05, 3.63) is 46.1 Å². The summed E-state index contributed by atoms with van der Waals surface area (Å²) in [6, 6.07) is 6.10. The van der Waals surface area contributed by atoms with Crippen molar-refractivity contribution in [3.8, 4) is 0 Å². The molecule has 0 radical (unpaired) electrons. The minimum Gasteiger partial charge on any atom is -0.353 e. The van der Waals surface area contributed by atoms with Gasteiger partial charge in [0.15, 0.2) is 0 Å². The summed E-state index contributed by atoms with van der Waals surface area (Å²) in [6.07, 6.45) is 2.80. The van der Waals surface area contributed by atoms with Crippen molar-refractivity contribution in [1.82, 2.24) is 14.9 Å². The van der Waals surface area contributed by atoms with Crippen LogP contribution < -0.4 is 10.2 Å². The highest BCUT2D eigenvalue weighted by Gasteiger charge is 2.24. The molecule has 1 aromatic carbocycles. The van der Waals surface area contributed by atoms with Gasteiger partial charge in [-0.25, -0.2) is 9.97 Å². The van der Waals surface area contributed by atoms with E-state index in [0.717, 1.165) is 71.1 Å². The van der Waals surface area contributed by atoms with Gasteiger partial charge in [0.25, 0.3) is 5.91 Å². The van der Waals surface area contributed by atoms with E-state index >= 15 is 0 Å². The Bertz CT molecular complexity index is 1070. The Kier molecular flexibility index (Phi) is 6.01. The lowest BCUT2D eigenvalue weighted by molar-refractivity contribution is 0.103. The summed E-state index contributed by atoms with van der Waals surface area (Å²) in [7, 11) is 0. The van der Waals surface area contributed by atoms with Crippen molar-refractivity contribution in [1.29, 1.82) is 0 Å². The highest BCUT2D eigenvalue weighted by atomic mass is 32.1. The zero-order valence-corrected chi connectivity index (χ0v) is 19.0. The molecule has 1 N–H and O–H groups in total. The highest BCUT2D eigenvalue weighted by molar-refractivity contribution is 7.20. The molecule has 4 rings (SSSR count). The molecule has 3 aromatic rings. The summed E-state index contributed by atoms with van der Waals surface area (Å²) < 4.78 is 0. The summed E-state index contributed by atoms with van der Waals surface area (Å²) in [6.45, 7) is 13.4. The summed E-state index contributed by atoms with van der Waals surface area (Å²) in [5.74, 6) is 0.874. The first-order valence-electron chi connectivity index (χ1n) is 10.6. The Balaban J connectivity index is 1.62. The molecule has 0 aliphatic carbocycles. The van der Waals surface area contributed by atoms with Crippen LogP contribution in [-0.2, 0) is 0 Å². The first kappa shape index (κ1) is 20.8. The number of amides is 1. The maximum absolute atomic E-state index is 13.1. The lowest BCUT2D eigenvalue weighted by atomic mass is 10.1. The topological polar surface area (TPSA) is 61.4 Å². The number of aromatic nitrogens is 2. The average molecular weight is 424 g/mol. The minimum absolute atomic E-state index is 0.0806. The fraction of sp³-hybridized carbons (Fsp3) is 0.435. The number of fused-ring (bicyclic) bond motifs is 1. The van der Waals surface area contributed by atoms with Crippen molar-refractivity contribution < 1.29 is 4.79 Å². The average Bonchev–Trinajstić information content (AvgIpc) is 3.08. The Morgan fingerprint density at radius 1 is 1.13 bits per heavy atom. The van der Waals surface area contributed by atoms with E-state index in [1.165, 1.54) is 17.8 Å². The molecule has 0 bridgehead atoms. The summed E-state index contributed by atoms with van der Waals surface area (Å²) >= 11 is 1.45. The number of benzene rings is 1. The van der Waals surface area contributed by atoms with E-state index in [1.807, 2.05) is 32.9 Å². The molecule has 1 aliphatic heterocycles. The fourth-order valence-electron chi connectivity index (χ4n) is 4.06. The second-order valence-corrected chi connectivity index (χ2v) is 9.03. The molecule has 0 unspecified atom stereocenters. The number of piperazine rings is 1. The molecule has 0 saturated carbocycles. The Labute approximate surface area is 181 Å². The third-order valence-corrected chi connectivity index (χ3v) is 6.96. The van der Waals surface area contributed by atoms with Gasteiger partial charge < -0.3 is 10.2 Å². The lowest BCUT2D eigenvalue weighted by Crippen LogP contribution is -2.46. The molecule has 158 valence electrons. The van der Waals surface area contributed by atoms with E-state index in [0.29, 0.717) is 4.88 Å². The van der Waals surface area contributed by atoms with Gasteiger partial charge in [-0.15, -0.1) is 11.3 Å². The van der Waals surface area contributed by atoms with Gasteiger partial charge in [-0.3, -0.25) is 9.69 Å². The smallest absolute Gasteiger partial charge is 0.266 e. The van der Waals surface area contributed by atoms with E-state index in [9.17, 15) is 4.79 Å². The van der Waals surface area contributed by atoms with Gasteiger partial charge in [0, 0.05) is 31.9 Å². The van der Waals surface area contributed by atoms with Crippen molar-refractivity contribution in [2.75, 3.05) is 42.9 Å².